The first-order valence-electron chi connectivity index (χ1n) is 5.20. The Bertz CT molecular complexity index is 653. The summed E-state index contributed by atoms with van der Waals surface area (Å²) in [5.74, 6) is -1.92. The van der Waals surface area contributed by atoms with E-state index >= 15 is 0 Å². The van der Waals surface area contributed by atoms with E-state index < -0.39 is 11.9 Å². The maximum atomic E-state index is 11.1. The third-order valence-electron chi connectivity index (χ3n) is 2.37. The second kappa shape index (κ2) is 5.07. The number of aromatic carboxylic acids is 1. The Morgan fingerprint density at radius 2 is 2.05 bits per heavy atom. The number of nitrogens with zero attached hydrogens (tertiary/aromatic N) is 3. The molecule has 98 valence electrons. The van der Waals surface area contributed by atoms with E-state index in [2.05, 4.69) is 10.3 Å². The van der Waals surface area contributed by atoms with Crippen LogP contribution in [0.1, 0.15) is 10.5 Å². The van der Waals surface area contributed by atoms with Crippen LogP contribution in [0.2, 0.25) is 5.02 Å². The van der Waals surface area contributed by atoms with Gasteiger partial charge in [-0.25, -0.2) is 9.48 Å². The molecule has 1 heterocycles. The van der Waals surface area contributed by atoms with Gasteiger partial charge in [-0.15, -0.1) is 5.10 Å². The summed E-state index contributed by atoms with van der Waals surface area (Å²) in [4.78, 5) is 22.1. The lowest BCUT2D eigenvalue weighted by Crippen LogP contribution is -2.20. The molecular formula is C11H9ClN4O3. The molecule has 7 nitrogen and oxygen atoms in total. The largest absolute Gasteiger partial charge is 0.476 e. The minimum Gasteiger partial charge on any atom is -0.476 e. The fourth-order valence-electron chi connectivity index (χ4n) is 1.64. The highest BCUT2D eigenvalue weighted by atomic mass is 35.5. The lowest BCUT2D eigenvalue weighted by atomic mass is 10.1. The molecule has 0 aliphatic carbocycles. The highest BCUT2D eigenvalue weighted by Crippen LogP contribution is 2.29. The van der Waals surface area contributed by atoms with Crippen LogP contribution in [0.4, 0.5) is 0 Å². The van der Waals surface area contributed by atoms with Gasteiger partial charge in [0.15, 0.2) is 5.69 Å². The maximum absolute atomic E-state index is 11.1. The van der Waals surface area contributed by atoms with Crippen LogP contribution < -0.4 is 5.73 Å². The van der Waals surface area contributed by atoms with Crippen molar-refractivity contribution in [3.8, 4) is 11.3 Å². The molecule has 1 amide bonds. The topological polar surface area (TPSA) is 111 Å². The monoisotopic (exact) mass is 280 g/mol. The van der Waals surface area contributed by atoms with Crippen molar-refractivity contribution in [2.24, 2.45) is 5.73 Å². The predicted octanol–water partition coefficient (Wildman–Crippen LogP) is 0.782. The highest BCUT2D eigenvalue weighted by molar-refractivity contribution is 6.33. The third kappa shape index (κ3) is 2.55. The number of carbonyl (C=O) groups excluding carboxylic acids is 1. The molecule has 0 atom stereocenters. The SMILES string of the molecule is NC(=O)Cn1nnc(C(=O)O)c1-c1ccccc1Cl. The summed E-state index contributed by atoms with van der Waals surface area (Å²) < 4.78 is 1.12. The summed E-state index contributed by atoms with van der Waals surface area (Å²) in [7, 11) is 0. The van der Waals surface area contributed by atoms with Crippen molar-refractivity contribution in [3.63, 3.8) is 0 Å². The van der Waals surface area contributed by atoms with Crippen molar-refractivity contribution in [3.05, 3.63) is 35.0 Å². The Morgan fingerprint density at radius 1 is 1.37 bits per heavy atom. The van der Waals surface area contributed by atoms with Gasteiger partial charge in [0, 0.05) is 5.56 Å². The number of carboxylic acid groups (broad SMARTS) is 1. The molecule has 3 N–H and O–H groups in total. The summed E-state index contributed by atoms with van der Waals surface area (Å²) in [6.45, 7) is -0.277. The van der Waals surface area contributed by atoms with Crippen molar-refractivity contribution >= 4 is 23.5 Å². The molecule has 2 rings (SSSR count). The average Bonchev–Trinajstić information content (AvgIpc) is 2.72. The van der Waals surface area contributed by atoms with Gasteiger partial charge in [-0.05, 0) is 6.07 Å². The van der Waals surface area contributed by atoms with Gasteiger partial charge < -0.3 is 10.8 Å². The zero-order chi connectivity index (χ0) is 14.0. The molecule has 19 heavy (non-hydrogen) atoms. The molecule has 0 radical (unpaired) electrons. The van der Waals surface area contributed by atoms with Crippen LogP contribution >= 0.6 is 11.6 Å². The van der Waals surface area contributed by atoms with E-state index in [-0.39, 0.29) is 17.9 Å². The van der Waals surface area contributed by atoms with Crippen LogP contribution in [-0.4, -0.2) is 32.0 Å². The zero-order valence-electron chi connectivity index (χ0n) is 9.58. The standard InChI is InChI=1S/C11H9ClN4O3/c12-7-4-2-1-3-6(7)10-9(11(18)19)14-15-16(10)5-8(13)17/h1-4H,5H2,(H2,13,17)(H,18,19). The summed E-state index contributed by atoms with van der Waals surface area (Å²) in [6, 6.07) is 6.61. The molecule has 0 bridgehead atoms. The predicted molar refractivity (Wildman–Crippen MR) is 66.6 cm³/mol. The molecule has 1 aromatic heterocycles. The van der Waals surface area contributed by atoms with Gasteiger partial charge in [-0.2, -0.15) is 0 Å². The lowest BCUT2D eigenvalue weighted by Gasteiger charge is -2.07. The van der Waals surface area contributed by atoms with Crippen LogP contribution in [0, 0.1) is 0 Å². The Hall–Kier alpha value is -2.41. The number of amides is 1. The zero-order valence-corrected chi connectivity index (χ0v) is 10.3. The van der Waals surface area contributed by atoms with E-state index in [1.54, 1.807) is 24.3 Å². The van der Waals surface area contributed by atoms with Crippen molar-refractivity contribution in [1.82, 2.24) is 15.0 Å². The molecule has 1 aromatic carbocycles. The quantitative estimate of drug-likeness (QED) is 0.860. The van der Waals surface area contributed by atoms with Crippen molar-refractivity contribution in [1.29, 1.82) is 0 Å². The second-order valence-electron chi connectivity index (χ2n) is 3.70. The molecule has 0 unspecified atom stereocenters. The normalized spacial score (nSPS) is 10.4. The fraction of sp³-hybridized carbons (Fsp3) is 0.0909. The molecule has 2 aromatic rings. The van der Waals surface area contributed by atoms with E-state index in [0.29, 0.717) is 10.6 Å². The summed E-state index contributed by atoms with van der Waals surface area (Å²) in [5.41, 5.74) is 5.38. The first-order valence-corrected chi connectivity index (χ1v) is 5.58. The van der Waals surface area contributed by atoms with Gasteiger partial charge in [0.2, 0.25) is 5.91 Å². The molecule has 0 fully saturated rings. The van der Waals surface area contributed by atoms with Gasteiger partial charge in [0.1, 0.15) is 12.2 Å². The summed E-state index contributed by atoms with van der Waals surface area (Å²) in [6.07, 6.45) is 0. The van der Waals surface area contributed by atoms with E-state index in [9.17, 15) is 9.59 Å². The Balaban J connectivity index is 2.65. The number of rotatable bonds is 4. The van der Waals surface area contributed by atoms with Gasteiger partial charge in [-0.3, -0.25) is 4.79 Å². The number of aromatic nitrogens is 3. The molecule has 0 aliphatic heterocycles. The van der Waals surface area contributed by atoms with Gasteiger partial charge >= 0.3 is 5.97 Å². The Kier molecular flexibility index (Phi) is 3.48. The molecule has 0 spiro atoms. The van der Waals surface area contributed by atoms with Crippen LogP contribution in [0.5, 0.6) is 0 Å². The van der Waals surface area contributed by atoms with Gasteiger partial charge in [0.25, 0.3) is 0 Å². The number of primary amides is 1. The van der Waals surface area contributed by atoms with E-state index in [1.165, 1.54) is 0 Å². The number of nitrogens with two attached hydrogens (primary N) is 1. The minimum absolute atomic E-state index is 0.150. The molecular weight excluding hydrogens is 272 g/mol. The first kappa shape index (κ1) is 13.0. The first-order chi connectivity index (χ1) is 9.00. The van der Waals surface area contributed by atoms with E-state index in [0.717, 1.165) is 4.68 Å². The van der Waals surface area contributed by atoms with Crippen LogP contribution in [-0.2, 0) is 11.3 Å². The van der Waals surface area contributed by atoms with Crippen molar-refractivity contribution in [2.45, 2.75) is 6.54 Å². The highest BCUT2D eigenvalue weighted by Gasteiger charge is 2.22. The molecule has 0 saturated carbocycles. The Labute approximate surface area is 112 Å². The number of carboxylic acids is 1. The van der Waals surface area contributed by atoms with E-state index in [1.807, 2.05) is 0 Å². The molecule has 8 heteroatoms. The molecule has 0 saturated heterocycles. The minimum atomic E-state index is -1.26. The van der Waals surface area contributed by atoms with Crippen molar-refractivity contribution < 1.29 is 14.7 Å². The number of halogens is 1. The van der Waals surface area contributed by atoms with Gasteiger partial charge in [-0.1, -0.05) is 35.0 Å². The lowest BCUT2D eigenvalue weighted by molar-refractivity contribution is -0.118. The van der Waals surface area contributed by atoms with E-state index in [4.69, 9.17) is 22.4 Å². The maximum Gasteiger partial charge on any atom is 0.358 e. The number of hydrogen-bond donors (Lipinski definition) is 2. The number of carbonyl (C=O) groups is 2. The smallest absolute Gasteiger partial charge is 0.358 e. The molecule has 0 aliphatic rings. The van der Waals surface area contributed by atoms with Crippen LogP contribution in [0.3, 0.4) is 0 Å². The van der Waals surface area contributed by atoms with Crippen LogP contribution in [0.25, 0.3) is 11.3 Å². The van der Waals surface area contributed by atoms with Gasteiger partial charge in [0.05, 0.1) is 5.02 Å². The third-order valence-corrected chi connectivity index (χ3v) is 2.70. The summed E-state index contributed by atoms with van der Waals surface area (Å²) in [5, 5.41) is 16.6. The van der Waals surface area contributed by atoms with Crippen LogP contribution in [0.15, 0.2) is 24.3 Å². The van der Waals surface area contributed by atoms with Crippen molar-refractivity contribution in [2.75, 3.05) is 0 Å². The Morgan fingerprint density at radius 3 is 2.63 bits per heavy atom. The second-order valence-corrected chi connectivity index (χ2v) is 4.10. The average molecular weight is 281 g/mol. The fourth-order valence-corrected chi connectivity index (χ4v) is 1.86. The number of hydrogen-bond acceptors (Lipinski definition) is 4. The number of benzene rings is 1. The summed E-state index contributed by atoms with van der Waals surface area (Å²) >= 11 is 6.02.